The quantitative estimate of drug-likeness (QED) is 0.752. The molecule has 1 aliphatic carbocycles. The van der Waals surface area contributed by atoms with Crippen LogP contribution in [0.3, 0.4) is 0 Å². The smallest absolute Gasteiger partial charge is 0.0690 e. The maximum atomic E-state index is 5.57. The first-order valence-corrected chi connectivity index (χ1v) is 6.51. The molecule has 1 heterocycles. The van der Waals surface area contributed by atoms with Gasteiger partial charge in [0, 0.05) is 18.5 Å². The summed E-state index contributed by atoms with van der Waals surface area (Å²) in [5.41, 5.74) is 0.211. The van der Waals surface area contributed by atoms with Crippen LogP contribution in [0.2, 0.25) is 0 Å². The van der Waals surface area contributed by atoms with Crippen LogP contribution < -0.4 is 5.32 Å². The summed E-state index contributed by atoms with van der Waals surface area (Å²) in [6.07, 6.45) is 4.96. The maximum absolute atomic E-state index is 5.57. The summed E-state index contributed by atoms with van der Waals surface area (Å²) in [6, 6.07) is 4.28. The van der Waals surface area contributed by atoms with Crippen molar-refractivity contribution >= 4 is 11.3 Å². The first kappa shape index (κ1) is 11.1. The van der Waals surface area contributed by atoms with Gasteiger partial charge in [0.25, 0.3) is 0 Å². The Hall–Kier alpha value is -0.380. The highest BCUT2D eigenvalue weighted by molar-refractivity contribution is 7.09. The molecule has 1 N–H and O–H groups in total. The molecule has 1 saturated carbocycles. The average Bonchev–Trinajstić information content (AvgIpc) is 2.68. The van der Waals surface area contributed by atoms with Gasteiger partial charge in [-0.25, -0.2) is 0 Å². The Morgan fingerprint density at radius 3 is 2.93 bits per heavy atom. The molecule has 0 radical (unpaired) electrons. The molecule has 0 amide bonds. The van der Waals surface area contributed by atoms with Crippen molar-refractivity contribution in [1.29, 1.82) is 0 Å². The van der Waals surface area contributed by atoms with Crippen molar-refractivity contribution in [3.05, 3.63) is 22.4 Å². The van der Waals surface area contributed by atoms with Gasteiger partial charge in [-0.3, -0.25) is 0 Å². The molecule has 3 heteroatoms. The van der Waals surface area contributed by atoms with Gasteiger partial charge >= 0.3 is 0 Å². The molecular weight excluding hydrogens is 206 g/mol. The second kappa shape index (κ2) is 5.10. The topological polar surface area (TPSA) is 21.3 Å². The molecule has 0 saturated heterocycles. The minimum Gasteiger partial charge on any atom is -0.378 e. The van der Waals surface area contributed by atoms with Crippen molar-refractivity contribution in [1.82, 2.24) is 5.32 Å². The summed E-state index contributed by atoms with van der Waals surface area (Å²) in [6.45, 7) is 2.06. The van der Waals surface area contributed by atoms with Crippen LogP contribution in [-0.4, -0.2) is 19.3 Å². The Labute approximate surface area is 95.6 Å². The fraction of sp³-hybridized carbons (Fsp3) is 0.667. The Balaban J connectivity index is 1.62. The van der Waals surface area contributed by atoms with E-state index < -0.39 is 0 Å². The highest BCUT2D eigenvalue weighted by Crippen LogP contribution is 2.37. The van der Waals surface area contributed by atoms with E-state index in [-0.39, 0.29) is 5.60 Å². The summed E-state index contributed by atoms with van der Waals surface area (Å²) < 4.78 is 5.57. The van der Waals surface area contributed by atoms with Gasteiger partial charge in [-0.15, -0.1) is 11.3 Å². The zero-order valence-electron chi connectivity index (χ0n) is 9.29. The maximum Gasteiger partial charge on any atom is 0.0690 e. The van der Waals surface area contributed by atoms with Crippen molar-refractivity contribution < 1.29 is 4.74 Å². The molecule has 1 aromatic rings. The molecule has 1 fully saturated rings. The zero-order chi connectivity index (χ0) is 10.6. The second-order valence-corrected chi connectivity index (χ2v) is 5.28. The summed E-state index contributed by atoms with van der Waals surface area (Å²) >= 11 is 1.81. The molecule has 1 aliphatic rings. The fourth-order valence-electron chi connectivity index (χ4n) is 2.07. The lowest BCUT2D eigenvalue weighted by Crippen LogP contribution is -2.41. The number of hydrogen-bond acceptors (Lipinski definition) is 3. The standard InChI is InChI=1S/C12H19NOS/c1-14-12(5-3-6-12)7-8-13-10-11-4-2-9-15-11/h2,4,9,13H,3,5-8,10H2,1H3. The third-order valence-corrected chi connectivity index (χ3v) is 4.21. The molecule has 84 valence electrons. The normalized spacial score (nSPS) is 18.7. The third-order valence-electron chi connectivity index (χ3n) is 3.33. The highest BCUT2D eigenvalue weighted by Gasteiger charge is 2.35. The van der Waals surface area contributed by atoms with E-state index in [1.165, 1.54) is 24.1 Å². The van der Waals surface area contributed by atoms with Gasteiger partial charge in [0.2, 0.25) is 0 Å². The van der Waals surface area contributed by atoms with E-state index in [2.05, 4.69) is 22.8 Å². The van der Waals surface area contributed by atoms with E-state index in [1.807, 2.05) is 18.4 Å². The second-order valence-electron chi connectivity index (χ2n) is 4.25. The molecule has 1 aromatic heterocycles. The van der Waals surface area contributed by atoms with Crippen molar-refractivity contribution in [3.63, 3.8) is 0 Å². The summed E-state index contributed by atoms with van der Waals surface area (Å²) in [5.74, 6) is 0. The van der Waals surface area contributed by atoms with Gasteiger partial charge in [0.15, 0.2) is 0 Å². The number of thiophene rings is 1. The van der Waals surface area contributed by atoms with Crippen LogP contribution in [0.4, 0.5) is 0 Å². The van der Waals surface area contributed by atoms with Crippen molar-refractivity contribution in [2.24, 2.45) is 0 Å². The predicted molar refractivity (Wildman–Crippen MR) is 64.2 cm³/mol. The van der Waals surface area contributed by atoms with E-state index in [4.69, 9.17) is 4.74 Å². The molecule has 0 aliphatic heterocycles. The molecule has 0 unspecified atom stereocenters. The van der Waals surface area contributed by atoms with Gasteiger partial charge in [0.05, 0.1) is 5.60 Å². The van der Waals surface area contributed by atoms with Gasteiger partial charge in [-0.1, -0.05) is 6.07 Å². The molecule has 0 spiro atoms. The van der Waals surface area contributed by atoms with Crippen LogP contribution in [0.15, 0.2) is 17.5 Å². The number of ether oxygens (including phenoxy) is 1. The predicted octanol–water partition coefficient (Wildman–Crippen LogP) is 2.80. The lowest BCUT2D eigenvalue weighted by atomic mass is 9.77. The van der Waals surface area contributed by atoms with Crippen molar-refractivity contribution in [2.75, 3.05) is 13.7 Å². The van der Waals surface area contributed by atoms with Crippen LogP contribution in [0.25, 0.3) is 0 Å². The van der Waals surface area contributed by atoms with Gasteiger partial charge < -0.3 is 10.1 Å². The molecule has 2 rings (SSSR count). The first-order chi connectivity index (χ1) is 7.35. The highest BCUT2D eigenvalue weighted by atomic mass is 32.1. The van der Waals surface area contributed by atoms with Crippen LogP contribution in [0.1, 0.15) is 30.6 Å². The molecule has 15 heavy (non-hydrogen) atoms. The van der Waals surface area contributed by atoms with Crippen LogP contribution in [-0.2, 0) is 11.3 Å². The third kappa shape index (κ3) is 2.80. The molecule has 0 bridgehead atoms. The summed E-state index contributed by atoms with van der Waals surface area (Å²) in [7, 11) is 1.85. The van der Waals surface area contributed by atoms with Gasteiger partial charge in [-0.2, -0.15) is 0 Å². The van der Waals surface area contributed by atoms with Crippen molar-refractivity contribution in [3.8, 4) is 0 Å². The lowest BCUT2D eigenvalue weighted by molar-refractivity contribution is -0.0768. The van der Waals surface area contributed by atoms with Crippen LogP contribution in [0.5, 0.6) is 0 Å². The van der Waals surface area contributed by atoms with E-state index in [0.717, 1.165) is 19.5 Å². The molecule has 2 nitrogen and oxygen atoms in total. The van der Waals surface area contributed by atoms with E-state index in [9.17, 15) is 0 Å². The Morgan fingerprint density at radius 1 is 1.53 bits per heavy atom. The Morgan fingerprint density at radius 2 is 2.40 bits per heavy atom. The fourth-order valence-corrected chi connectivity index (χ4v) is 2.74. The monoisotopic (exact) mass is 225 g/mol. The van der Waals surface area contributed by atoms with Crippen LogP contribution in [0, 0.1) is 0 Å². The number of methoxy groups -OCH3 is 1. The summed E-state index contributed by atoms with van der Waals surface area (Å²) in [4.78, 5) is 1.41. The van der Waals surface area contributed by atoms with Crippen molar-refractivity contribution in [2.45, 2.75) is 37.8 Å². The largest absolute Gasteiger partial charge is 0.378 e. The summed E-state index contributed by atoms with van der Waals surface area (Å²) in [5, 5.41) is 5.60. The minimum atomic E-state index is 0.211. The molecule has 0 atom stereocenters. The zero-order valence-corrected chi connectivity index (χ0v) is 10.1. The Bertz CT molecular complexity index is 274. The SMILES string of the molecule is COC1(CCNCc2cccs2)CCC1. The van der Waals surface area contributed by atoms with Gasteiger partial charge in [0.1, 0.15) is 0 Å². The van der Waals surface area contributed by atoms with E-state index in [0.29, 0.717) is 0 Å². The van der Waals surface area contributed by atoms with Crippen LogP contribution >= 0.6 is 11.3 Å². The van der Waals surface area contributed by atoms with Gasteiger partial charge in [-0.05, 0) is 43.7 Å². The number of hydrogen-bond donors (Lipinski definition) is 1. The number of rotatable bonds is 6. The molecule has 0 aromatic carbocycles. The first-order valence-electron chi connectivity index (χ1n) is 5.63. The Kier molecular flexibility index (Phi) is 3.78. The minimum absolute atomic E-state index is 0.211. The lowest BCUT2D eigenvalue weighted by Gasteiger charge is -2.40. The molecular formula is C12H19NOS. The average molecular weight is 225 g/mol. The van der Waals surface area contributed by atoms with E-state index >= 15 is 0 Å². The number of nitrogens with one attached hydrogen (secondary N) is 1. The van der Waals surface area contributed by atoms with E-state index in [1.54, 1.807) is 0 Å².